The molecule has 0 radical (unpaired) electrons. The quantitative estimate of drug-likeness (QED) is 0.812. The first kappa shape index (κ1) is 19.8. The standard InChI is InChI=1S/C20H21N3O4/c1-14(24)23(18-12-17(26-2)8-9-19(18)27-3)11-10-20(25)22-16-6-4-15(13-21)5-7-16/h4-9,12H,10-11H2,1-3H3,(H,22,25). The molecule has 2 rings (SSSR count). The lowest BCUT2D eigenvalue weighted by Crippen LogP contribution is -2.32. The van der Waals surface area contributed by atoms with Crippen molar-refractivity contribution in [2.45, 2.75) is 13.3 Å². The molecule has 2 aromatic rings. The van der Waals surface area contributed by atoms with Crippen LogP contribution < -0.4 is 19.7 Å². The number of methoxy groups -OCH3 is 2. The average Bonchev–Trinajstić information content (AvgIpc) is 2.68. The molecule has 2 aromatic carbocycles. The van der Waals surface area contributed by atoms with Crippen molar-refractivity contribution in [3.8, 4) is 17.6 Å². The molecule has 7 nitrogen and oxygen atoms in total. The highest BCUT2D eigenvalue weighted by molar-refractivity contribution is 5.96. The van der Waals surface area contributed by atoms with Gasteiger partial charge in [0.1, 0.15) is 11.5 Å². The van der Waals surface area contributed by atoms with Crippen LogP contribution in [0.15, 0.2) is 42.5 Å². The van der Waals surface area contributed by atoms with Crippen molar-refractivity contribution >= 4 is 23.2 Å². The molecule has 0 atom stereocenters. The highest BCUT2D eigenvalue weighted by Crippen LogP contribution is 2.32. The number of nitrogens with one attached hydrogen (secondary N) is 1. The van der Waals surface area contributed by atoms with Gasteiger partial charge >= 0.3 is 0 Å². The van der Waals surface area contributed by atoms with Gasteiger partial charge in [-0.25, -0.2) is 0 Å². The van der Waals surface area contributed by atoms with Gasteiger partial charge in [0.25, 0.3) is 0 Å². The van der Waals surface area contributed by atoms with Crippen molar-refractivity contribution < 1.29 is 19.1 Å². The average molecular weight is 367 g/mol. The molecule has 0 heterocycles. The van der Waals surface area contributed by atoms with Crippen LogP contribution in [0.5, 0.6) is 11.5 Å². The molecule has 27 heavy (non-hydrogen) atoms. The molecule has 0 unspecified atom stereocenters. The van der Waals surface area contributed by atoms with E-state index in [4.69, 9.17) is 14.7 Å². The Bertz CT molecular complexity index is 857. The Morgan fingerprint density at radius 2 is 1.81 bits per heavy atom. The Balaban J connectivity index is 2.09. The molecule has 0 fully saturated rings. The molecule has 140 valence electrons. The van der Waals surface area contributed by atoms with E-state index in [1.165, 1.54) is 26.0 Å². The number of nitrogens with zero attached hydrogens (tertiary/aromatic N) is 2. The molecular weight excluding hydrogens is 346 g/mol. The number of rotatable bonds is 7. The van der Waals surface area contributed by atoms with E-state index in [-0.39, 0.29) is 24.8 Å². The second-order valence-electron chi connectivity index (χ2n) is 5.70. The number of nitriles is 1. The Morgan fingerprint density at radius 3 is 2.37 bits per heavy atom. The van der Waals surface area contributed by atoms with Gasteiger partial charge in [-0.1, -0.05) is 0 Å². The zero-order chi connectivity index (χ0) is 19.8. The van der Waals surface area contributed by atoms with E-state index in [1.54, 1.807) is 42.5 Å². The largest absolute Gasteiger partial charge is 0.497 e. The third-order valence-corrected chi connectivity index (χ3v) is 3.92. The van der Waals surface area contributed by atoms with Crippen LogP contribution in [0.3, 0.4) is 0 Å². The monoisotopic (exact) mass is 367 g/mol. The first-order valence-electron chi connectivity index (χ1n) is 8.28. The van der Waals surface area contributed by atoms with Gasteiger partial charge in [0, 0.05) is 31.6 Å². The summed E-state index contributed by atoms with van der Waals surface area (Å²) >= 11 is 0. The van der Waals surface area contributed by atoms with Gasteiger partial charge < -0.3 is 19.7 Å². The summed E-state index contributed by atoms with van der Waals surface area (Å²) in [4.78, 5) is 25.8. The smallest absolute Gasteiger partial charge is 0.226 e. The van der Waals surface area contributed by atoms with Crippen LogP contribution in [0, 0.1) is 11.3 Å². The molecule has 2 amide bonds. The highest BCUT2D eigenvalue weighted by atomic mass is 16.5. The van der Waals surface area contributed by atoms with Crippen molar-refractivity contribution in [3.05, 3.63) is 48.0 Å². The molecule has 0 bridgehead atoms. The summed E-state index contributed by atoms with van der Waals surface area (Å²) in [6.45, 7) is 1.61. The number of ether oxygens (including phenoxy) is 2. The first-order valence-corrected chi connectivity index (χ1v) is 8.28. The molecule has 0 aliphatic heterocycles. The zero-order valence-electron chi connectivity index (χ0n) is 15.5. The minimum absolute atomic E-state index is 0.0972. The lowest BCUT2D eigenvalue weighted by molar-refractivity contribution is -0.117. The number of hydrogen-bond acceptors (Lipinski definition) is 5. The van der Waals surface area contributed by atoms with Crippen molar-refractivity contribution in [1.82, 2.24) is 0 Å². The van der Waals surface area contributed by atoms with E-state index in [1.807, 2.05) is 6.07 Å². The number of carbonyl (C=O) groups is 2. The molecule has 0 aromatic heterocycles. The van der Waals surface area contributed by atoms with E-state index >= 15 is 0 Å². The van der Waals surface area contributed by atoms with Gasteiger partial charge in [0.15, 0.2) is 0 Å². The fourth-order valence-corrected chi connectivity index (χ4v) is 2.52. The van der Waals surface area contributed by atoms with Crippen molar-refractivity contribution in [3.63, 3.8) is 0 Å². The maximum atomic E-state index is 12.2. The normalized spacial score (nSPS) is 9.85. The maximum Gasteiger partial charge on any atom is 0.226 e. The molecule has 1 N–H and O–H groups in total. The molecule has 0 saturated carbocycles. The topological polar surface area (TPSA) is 91.7 Å². The third-order valence-electron chi connectivity index (χ3n) is 3.92. The second-order valence-corrected chi connectivity index (χ2v) is 5.70. The Morgan fingerprint density at radius 1 is 1.11 bits per heavy atom. The van der Waals surface area contributed by atoms with Gasteiger partial charge in [-0.15, -0.1) is 0 Å². The van der Waals surface area contributed by atoms with E-state index in [9.17, 15) is 9.59 Å². The number of carbonyl (C=O) groups excluding carboxylic acids is 2. The van der Waals surface area contributed by atoms with E-state index < -0.39 is 0 Å². The predicted octanol–water partition coefficient (Wildman–Crippen LogP) is 2.96. The fourth-order valence-electron chi connectivity index (χ4n) is 2.52. The van der Waals surface area contributed by atoms with Crippen LogP contribution in [0.25, 0.3) is 0 Å². The number of hydrogen-bond donors (Lipinski definition) is 1. The van der Waals surface area contributed by atoms with Crippen LogP contribution in [-0.2, 0) is 9.59 Å². The van der Waals surface area contributed by atoms with E-state index in [0.717, 1.165) is 0 Å². The highest BCUT2D eigenvalue weighted by Gasteiger charge is 2.18. The van der Waals surface area contributed by atoms with Gasteiger partial charge in [-0.3, -0.25) is 9.59 Å². The van der Waals surface area contributed by atoms with Crippen LogP contribution in [0.4, 0.5) is 11.4 Å². The minimum Gasteiger partial charge on any atom is -0.497 e. The summed E-state index contributed by atoms with van der Waals surface area (Å²) in [7, 11) is 3.05. The minimum atomic E-state index is -0.243. The SMILES string of the molecule is COc1ccc(OC)c(N(CCC(=O)Nc2ccc(C#N)cc2)C(C)=O)c1. The van der Waals surface area contributed by atoms with Crippen molar-refractivity contribution in [2.24, 2.45) is 0 Å². The van der Waals surface area contributed by atoms with Crippen LogP contribution >= 0.6 is 0 Å². The lowest BCUT2D eigenvalue weighted by Gasteiger charge is -2.23. The Hall–Kier alpha value is -3.53. The number of benzene rings is 2. The molecule has 0 aliphatic carbocycles. The summed E-state index contributed by atoms with van der Waals surface area (Å²) in [6, 6.07) is 13.7. The molecule has 7 heteroatoms. The lowest BCUT2D eigenvalue weighted by atomic mass is 10.2. The van der Waals surface area contributed by atoms with Gasteiger partial charge in [0.2, 0.25) is 11.8 Å². The van der Waals surface area contributed by atoms with Crippen LogP contribution in [0.1, 0.15) is 18.9 Å². The van der Waals surface area contributed by atoms with E-state index in [0.29, 0.717) is 28.4 Å². The molecular formula is C20H21N3O4. The first-order chi connectivity index (χ1) is 13.0. The maximum absolute atomic E-state index is 12.2. The zero-order valence-corrected chi connectivity index (χ0v) is 15.5. The van der Waals surface area contributed by atoms with Gasteiger partial charge in [-0.05, 0) is 36.4 Å². The fraction of sp³-hybridized carbons (Fsp3) is 0.250. The molecule has 0 saturated heterocycles. The number of amides is 2. The third kappa shape index (κ3) is 5.22. The second kappa shape index (κ2) is 9.25. The van der Waals surface area contributed by atoms with Crippen LogP contribution in [-0.4, -0.2) is 32.6 Å². The summed E-state index contributed by atoms with van der Waals surface area (Å²) in [5, 5.41) is 11.5. The Kier molecular flexibility index (Phi) is 6.78. The van der Waals surface area contributed by atoms with Crippen molar-refractivity contribution in [1.29, 1.82) is 5.26 Å². The van der Waals surface area contributed by atoms with Gasteiger partial charge in [-0.2, -0.15) is 5.26 Å². The summed E-state index contributed by atoms with van der Waals surface area (Å²) in [5.74, 6) is 0.637. The van der Waals surface area contributed by atoms with Crippen molar-refractivity contribution in [2.75, 3.05) is 31.0 Å². The summed E-state index contributed by atoms with van der Waals surface area (Å²) in [6.07, 6.45) is 0.0972. The van der Waals surface area contributed by atoms with Gasteiger partial charge in [0.05, 0.1) is 31.5 Å². The number of anilines is 2. The Labute approximate surface area is 158 Å². The summed E-state index contributed by atoms with van der Waals surface area (Å²) in [5.41, 5.74) is 1.64. The molecule has 0 spiro atoms. The van der Waals surface area contributed by atoms with E-state index in [2.05, 4.69) is 5.32 Å². The van der Waals surface area contributed by atoms with Crippen LogP contribution in [0.2, 0.25) is 0 Å². The predicted molar refractivity (Wildman–Crippen MR) is 102 cm³/mol. The summed E-state index contributed by atoms with van der Waals surface area (Å²) < 4.78 is 10.5. The molecule has 0 aliphatic rings.